The first-order chi connectivity index (χ1) is 12.0. The fourth-order valence-corrected chi connectivity index (χ4v) is 2.02. The molecule has 0 aliphatic carbocycles. The van der Waals surface area contributed by atoms with Crippen molar-refractivity contribution in [3.8, 4) is 11.8 Å². The van der Waals surface area contributed by atoms with Crippen LogP contribution in [0.1, 0.15) is 13.8 Å². The van der Waals surface area contributed by atoms with Crippen molar-refractivity contribution in [3.05, 3.63) is 42.7 Å². The fourth-order valence-electron chi connectivity index (χ4n) is 2.02. The summed E-state index contributed by atoms with van der Waals surface area (Å²) in [6.07, 6.45) is 2.48. The Labute approximate surface area is 145 Å². The van der Waals surface area contributed by atoms with Gasteiger partial charge < -0.3 is 20.1 Å². The standard InChI is InChI=1S/C17H20N4O4/c1-11(2)14(21-17(23)24-3)15(22)20-12-6-4-7-13(10-12)25-16-18-8-5-9-19-16/h4-11,14H,1-3H3,(H,20,22)(H,21,23). The SMILES string of the molecule is COC(=O)NC(C(=O)Nc1cccc(Oc2ncccn2)c1)C(C)C. The molecule has 0 saturated carbocycles. The zero-order valence-electron chi connectivity index (χ0n) is 14.2. The molecule has 1 heterocycles. The molecule has 132 valence electrons. The topological polar surface area (TPSA) is 102 Å². The van der Waals surface area contributed by atoms with Gasteiger partial charge in [-0.25, -0.2) is 14.8 Å². The molecule has 2 N–H and O–H groups in total. The van der Waals surface area contributed by atoms with Gasteiger partial charge >= 0.3 is 12.1 Å². The Kier molecular flexibility index (Phi) is 6.27. The molecule has 25 heavy (non-hydrogen) atoms. The lowest BCUT2D eigenvalue weighted by Crippen LogP contribution is -2.47. The number of nitrogens with zero attached hydrogens (tertiary/aromatic N) is 2. The van der Waals surface area contributed by atoms with Crippen LogP contribution in [0.15, 0.2) is 42.7 Å². The van der Waals surface area contributed by atoms with Gasteiger partial charge in [-0.2, -0.15) is 0 Å². The van der Waals surface area contributed by atoms with Gasteiger partial charge in [-0.3, -0.25) is 4.79 Å². The normalized spacial score (nSPS) is 11.5. The molecule has 0 aliphatic rings. The van der Waals surface area contributed by atoms with Crippen LogP contribution >= 0.6 is 0 Å². The maximum atomic E-state index is 12.4. The highest BCUT2D eigenvalue weighted by Gasteiger charge is 2.24. The lowest BCUT2D eigenvalue weighted by Gasteiger charge is -2.21. The molecule has 1 atom stereocenters. The molecule has 0 aliphatic heterocycles. The number of carbonyl (C=O) groups is 2. The summed E-state index contributed by atoms with van der Waals surface area (Å²) < 4.78 is 10.1. The van der Waals surface area contributed by atoms with Crippen molar-refractivity contribution in [3.63, 3.8) is 0 Å². The average Bonchev–Trinajstić information content (AvgIpc) is 2.60. The van der Waals surface area contributed by atoms with E-state index in [1.165, 1.54) is 7.11 Å². The van der Waals surface area contributed by atoms with Gasteiger partial charge in [0.1, 0.15) is 11.8 Å². The van der Waals surface area contributed by atoms with Crippen LogP contribution in [-0.4, -0.2) is 35.1 Å². The number of methoxy groups -OCH3 is 1. The maximum Gasteiger partial charge on any atom is 0.407 e. The summed E-state index contributed by atoms with van der Waals surface area (Å²) in [6.45, 7) is 3.65. The van der Waals surface area contributed by atoms with Crippen molar-refractivity contribution in [1.82, 2.24) is 15.3 Å². The van der Waals surface area contributed by atoms with Crippen LogP contribution in [0.2, 0.25) is 0 Å². The predicted molar refractivity (Wildman–Crippen MR) is 91.3 cm³/mol. The van der Waals surface area contributed by atoms with Crippen molar-refractivity contribution < 1.29 is 19.1 Å². The van der Waals surface area contributed by atoms with E-state index in [4.69, 9.17) is 4.74 Å². The molecule has 0 fully saturated rings. The number of hydrogen-bond donors (Lipinski definition) is 2. The van der Waals surface area contributed by atoms with E-state index in [0.29, 0.717) is 11.4 Å². The molecule has 2 rings (SSSR count). The summed E-state index contributed by atoms with van der Waals surface area (Å²) in [4.78, 5) is 31.8. The van der Waals surface area contributed by atoms with E-state index in [1.54, 1.807) is 42.7 Å². The van der Waals surface area contributed by atoms with Crippen LogP contribution in [0.3, 0.4) is 0 Å². The van der Waals surface area contributed by atoms with Crippen LogP contribution < -0.4 is 15.4 Å². The van der Waals surface area contributed by atoms with Crippen molar-refractivity contribution in [2.45, 2.75) is 19.9 Å². The van der Waals surface area contributed by atoms with Gasteiger partial charge in [-0.05, 0) is 24.1 Å². The summed E-state index contributed by atoms with van der Waals surface area (Å²) >= 11 is 0. The zero-order valence-corrected chi connectivity index (χ0v) is 14.2. The molecule has 1 aromatic heterocycles. The van der Waals surface area contributed by atoms with E-state index in [-0.39, 0.29) is 17.8 Å². The molecular weight excluding hydrogens is 324 g/mol. The third kappa shape index (κ3) is 5.45. The highest BCUT2D eigenvalue weighted by Crippen LogP contribution is 2.21. The Morgan fingerprint density at radius 3 is 2.48 bits per heavy atom. The monoisotopic (exact) mass is 344 g/mol. The highest BCUT2D eigenvalue weighted by atomic mass is 16.5. The second-order valence-electron chi connectivity index (χ2n) is 5.51. The quantitative estimate of drug-likeness (QED) is 0.835. The lowest BCUT2D eigenvalue weighted by atomic mass is 10.0. The van der Waals surface area contributed by atoms with Gasteiger partial charge in [-0.15, -0.1) is 0 Å². The number of aromatic nitrogens is 2. The summed E-state index contributed by atoms with van der Waals surface area (Å²) in [5.74, 6) is 0.00999. The number of nitrogens with one attached hydrogen (secondary N) is 2. The van der Waals surface area contributed by atoms with Crippen LogP contribution in [0, 0.1) is 5.92 Å². The first-order valence-corrected chi connectivity index (χ1v) is 7.70. The molecule has 2 amide bonds. The van der Waals surface area contributed by atoms with E-state index in [0.717, 1.165) is 0 Å². The summed E-state index contributed by atoms with van der Waals surface area (Å²) in [6, 6.07) is 7.97. The first-order valence-electron chi connectivity index (χ1n) is 7.70. The van der Waals surface area contributed by atoms with E-state index in [2.05, 4.69) is 25.3 Å². The van der Waals surface area contributed by atoms with E-state index < -0.39 is 12.1 Å². The number of benzene rings is 1. The molecular formula is C17H20N4O4. The molecule has 0 bridgehead atoms. The second kappa shape index (κ2) is 8.62. The molecule has 2 aromatic rings. The average molecular weight is 344 g/mol. The number of rotatable bonds is 6. The largest absolute Gasteiger partial charge is 0.453 e. The Morgan fingerprint density at radius 2 is 1.84 bits per heavy atom. The third-order valence-electron chi connectivity index (χ3n) is 3.26. The number of ether oxygens (including phenoxy) is 2. The predicted octanol–water partition coefficient (Wildman–Crippen LogP) is 2.59. The molecule has 8 heteroatoms. The Balaban J connectivity index is 2.07. The molecule has 0 saturated heterocycles. The minimum absolute atomic E-state index is 0.115. The summed E-state index contributed by atoms with van der Waals surface area (Å²) in [5.41, 5.74) is 0.524. The van der Waals surface area contributed by atoms with Gasteiger partial charge in [-0.1, -0.05) is 19.9 Å². The number of hydrogen-bond acceptors (Lipinski definition) is 6. The first kappa shape index (κ1) is 18.2. The smallest absolute Gasteiger partial charge is 0.407 e. The minimum Gasteiger partial charge on any atom is -0.453 e. The van der Waals surface area contributed by atoms with Crippen molar-refractivity contribution in [1.29, 1.82) is 0 Å². The summed E-state index contributed by atoms with van der Waals surface area (Å²) in [5, 5.41) is 5.27. The fraction of sp³-hybridized carbons (Fsp3) is 0.294. The molecule has 1 unspecified atom stereocenters. The van der Waals surface area contributed by atoms with Crippen LogP contribution in [0.25, 0.3) is 0 Å². The number of amides is 2. The molecule has 1 aromatic carbocycles. The third-order valence-corrected chi connectivity index (χ3v) is 3.26. The van der Waals surface area contributed by atoms with Crippen molar-refractivity contribution >= 4 is 17.7 Å². The highest BCUT2D eigenvalue weighted by molar-refractivity contribution is 5.96. The number of anilines is 1. The van der Waals surface area contributed by atoms with Crippen LogP contribution in [-0.2, 0) is 9.53 Å². The minimum atomic E-state index is -0.727. The van der Waals surface area contributed by atoms with Crippen LogP contribution in [0.4, 0.5) is 10.5 Å². The van der Waals surface area contributed by atoms with E-state index in [9.17, 15) is 9.59 Å². The van der Waals surface area contributed by atoms with E-state index in [1.807, 2.05) is 13.8 Å². The second-order valence-corrected chi connectivity index (χ2v) is 5.51. The Hall–Kier alpha value is -3.16. The van der Waals surface area contributed by atoms with Crippen molar-refractivity contribution in [2.24, 2.45) is 5.92 Å². The van der Waals surface area contributed by atoms with E-state index >= 15 is 0 Å². The number of alkyl carbamates (subject to hydrolysis) is 1. The Bertz CT molecular complexity index is 722. The van der Waals surface area contributed by atoms with Crippen molar-refractivity contribution in [2.75, 3.05) is 12.4 Å². The van der Waals surface area contributed by atoms with Crippen LogP contribution in [0.5, 0.6) is 11.8 Å². The van der Waals surface area contributed by atoms with Gasteiger partial charge in [0.25, 0.3) is 0 Å². The molecule has 0 radical (unpaired) electrons. The molecule has 8 nitrogen and oxygen atoms in total. The maximum absolute atomic E-state index is 12.4. The number of carbonyl (C=O) groups excluding carboxylic acids is 2. The summed E-state index contributed by atoms with van der Waals surface area (Å²) in [7, 11) is 1.25. The van der Waals surface area contributed by atoms with Gasteiger partial charge in [0.05, 0.1) is 7.11 Å². The van der Waals surface area contributed by atoms with Gasteiger partial charge in [0, 0.05) is 24.1 Å². The lowest BCUT2D eigenvalue weighted by molar-refractivity contribution is -0.119. The Morgan fingerprint density at radius 1 is 1.12 bits per heavy atom. The molecule has 0 spiro atoms. The zero-order chi connectivity index (χ0) is 18.2. The van der Waals surface area contributed by atoms with Gasteiger partial charge in [0.2, 0.25) is 5.91 Å². The van der Waals surface area contributed by atoms with Gasteiger partial charge in [0.15, 0.2) is 0 Å².